The van der Waals surface area contributed by atoms with Gasteiger partial charge >= 0.3 is 0 Å². The van der Waals surface area contributed by atoms with Gasteiger partial charge < -0.3 is 10.1 Å². The molecule has 0 atom stereocenters. The number of rotatable bonds is 10. The van der Waals surface area contributed by atoms with Crippen LogP contribution in [0.4, 0.5) is 5.13 Å². The van der Waals surface area contributed by atoms with Crippen molar-refractivity contribution >= 4 is 22.4 Å². The third-order valence-electron chi connectivity index (χ3n) is 4.39. The molecule has 5 nitrogen and oxygen atoms in total. The maximum absolute atomic E-state index is 12.0. The molecule has 0 aliphatic carbocycles. The maximum Gasteiger partial charge on any atom is 0.226 e. The maximum atomic E-state index is 12.0. The van der Waals surface area contributed by atoms with Crippen molar-refractivity contribution in [3.8, 4) is 5.75 Å². The van der Waals surface area contributed by atoms with Gasteiger partial charge in [-0.3, -0.25) is 4.79 Å². The molecule has 0 radical (unpaired) electrons. The van der Waals surface area contributed by atoms with E-state index in [1.165, 1.54) is 16.9 Å². The third-order valence-corrected chi connectivity index (χ3v) is 5.39. The molecule has 0 aliphatic rings. The topological polar surface area (TPSA) is 64.1 Å². The van der Waals surface area contributed by atoms with Gasteiger partial charge in [0.15, 0.2) is 0 Å². The van der Waals surface area contributed by atoms with Gasteiger partial charge in [-0.05, 0) is 42.9 Å². The summed E-state index contributed by atoms with van der Waals surface area (Å²) in [4.78, 5) is 12.0. The molecule has 2 aromatic rings. The fraction of sp³-hybridized carbons (Fsp3) is 0.550. The number of nitrogens with one attached hydrogen (secondary N) is 1. The normalized spacial score (nSPS) is 11.2. The van der Waals surface area contributed by atoms with Crippen LogP contribution in [0.5, 0.6) is 5.75 Å². The first kappa shape index (κ1) is 20.4. The van der Waals surface area contributed by atoms with Gasteiger partial charge in [0.05, 0.1) is 6.61 Å². The molecule has 1 heterocycles. The molecule has 0 fully saturated rings. The first-order chi connectivity index (χ1) is 12.5. The summed E-state index contributed by atoms with van der Waals surface area (Å²) in [6.45, 7) is 9.14. The average Bonchev–Trinajstić information content (AvgIpc) is 3.08. The first-order valence-corrected chi connectivity index (χ1v) is 10.2. The zero-order chi connectivity index (χ0) is 18.9. The Bertz CT molecular complexity index is 679. The smallest absolute Gasteiger partial charge is 0.226 e. The Balaban J connectivity index is 1.70. The van der Waals surface area contributed by atoms with Crippen LogP contribution in [0, 0.1) is 0 Å². The summed E-state index contributed by atoms with van der Waals surface area (Å²) in [5.41, 5.74) is 1.29. The number of benzene rings is 1. The van der Waals surface area contributed by atoms with Crippen molar-refractivity contribution < 1.29 is 9.53 Å². The van der Waals surface area contributed by atoms with Crippen molar-refractivity contribution in [1.82, 2.24) is 10.2 Å². The minimum absolute atomic E-state index is 0.0454. The highest BCUT2D eigenvalue weighted by molar-refractivity contribution is 7.15. The molecular formula is C20H29N3O2S. The molecule has 0 saturated heterocycles. The second-order valence-corrected chi connectivity index (χ2v) is 7.69. The van der Waals surface area contributed by atoms with E-state index in [9.17, 15) is 4.79 Å². The number of hydrogen-bond acceptors (Lipinski definition) is 5. The Morgan fingerprint density at radius 3 is 2.46 bits per heavy atom. The van der Waals surface area contributed by atoms with E-state index in [4.69, 9.17) is 4.74 Å². The Hall–Kier alpha value is -1.95. The lowest BCUT2D eigenvalue weighted by Gasteiger charge is -2.08. The predicted octanol–water partition coefficient (Wildman–Crippen LogP) is 5.36. The quantitative estimate of drug-likeness (QED) is 0.568. The number of aromatic nitrogens is 2. The van der Waals surface area contributed by atoms with Crippen molar-refractivity contribution in [2.45, 2.75) is 65.2 Å². The number of amides is 1. The molecule has 0 unspecified atom stereocenters. The van der Waals surface area contributed by atoms with Crippen molar-refractivity contribution in [3.63, 3.8) is 0 Å². The molecule has 6 heteroatoms. The molecule has 1 aromatic heterocycles. The molecule has 0 bridgehead atoms. The predicted molar refractivity (Wildman–Crippen MR) is 107 cm³/mol. The Kier molecular flexibility index (Phi) is 8.04. The highest BCUT2D eigenvalue weighted by Crippen LogP contribution is 2.28. The van der Waals surface area contributed by atoms with Crippen LogP contribution in [-0.4, -0.2) is 22.7 Å². The van der Waals surface area contributed by atoms with Gasteiger partial charge in [0, 0.05) is 12.3 Å². The standard InChI is InChI=1S/C20H29N3O2S/c1-5-15(6-2)19-22-23-20(26-19)21-18(24)8-7-13-25-17-11-9-16(10-12-17)14(3)4/h9-12,14-15H,5-8,13H2,1-4H3,(H,21,23,24). The summed E-state index contributed by atoms with van der Waals surface area (Å²) >= 11 is 1.47. The van der Waals surface area contributed by atoms with Gasteiger partial charge in [0.25, 0.3) is 0 Å². The third kappa shape index (κ3) is 6.09. The van der Waals surface area contributed by atoms with Crippen molar-refractivity contribution in [3.05, 3.63) is 34.8 Å². The number of nitrogens with zero attached hydrogens (tertiary/aromatic N) is 2. The number of ether oxygens (including phenoxy) is 1. The van der Waals surface area contributed by atoms with Gasteiger partial charge in [-0.2, -0.15) is 0 Å². The number of anilines is 1. The summed E-state index contributed by atoms with van der Waals surface area (Å²) in [5.74, 6) is 1.73. The van der Waals surface area contributed by atoms with Crippen LogP contribution in [0.15, 0.2) is 24.3 Å². The summed E-state index contributed by atoms with van der Waals surface area (Å²) in [6.07, 6.45) is 3.14. The van der Waals surface area contributed by atoms with Crippen molar-refractivity contribution in [2.24, 2.45) is 0 Å². The molecule has 1 aromatic carbocycles. The van der Waals surface area contributed by atoms with Gasteiger partial charge in [0.2, 0.25) is 11.0 Å². The van der Waals surface area contributed by atoms with Crippen LogP contribution in [0.1, 0.15) is 75.8 Å². The lowest BCUT2D eigenvalue weighted by atomic mass is 10.0. The van der Waals surface area contributed by atoms with Crippen LogP contribution in [0.25, 0.3) is 0 Å². The van der Waals surface area contributed by atoms with Crippen LogP contribution in [0.3, 0.4) is 0 Å². The molecule has 1 amide bonds. The van der Waals surface area contributed by atoms with E-state index in [0.717, 1.165) is 23.6 Å². The molecule has 142 valence electrons. The molecule has 0 aliphatic heterocycles. The first-order valence-electron chi connectivity index (χ1n) is 9.39. The Morgan fingerprint density at radius 1 is 1.15 bits per heavy atom. The van der Waals surface area contributed by atoms with Gasteiger partial charge in [-0.15, -0.1) is 10.2 Å². The van der Waals surface area contributed by atoms with E-state index >= 15 is 0 Å². The highest BCUT2D eigenvalue weighted by atomic mass is 32.1. The number of carbonyl (C=O) groups is 1. The molecule has 2 rings (SSSR count). The molecular weight excluding hydrogens is 346 g/mol. The Morgan fingerprint density at radius 2 is 1.85 bits per heavy atom. The second kappa shape index (κ2) is 10.3. The highest BCUT2D eigenvalue weighted by Gasteiger charge is 2.14. The van der Waals surface area contributed by atoms with E-state index in [2.05, 4.69) is 55.3 Å². The van der Waals surface area contributed by atoms with Crippen LogP contribution >= 0.6 is 11.3 Å². The number of hydrogen-bond donors (Lipinski definition) is 1. The summed E-state index contributed by atoms with van der Waals surface area (Å²) in [7, 11) is 0. The largest absolute Gasteiger partial charge is 0.494 e. The minimum Gasteiger partial charge on any atom is -0.494 e. The van der Waals surface area contributed by atoms with Crippen LogP contribution in [-0.2, 0) is 4.79 Å². The second-order valence-electron chi connectivity index (χ2n) is 6.68. The average molecular weight is 376 g/mol. The number of carbonyl (C=O) groups excluding carboxylic acids is 1. The summed E-state index contributed by atoms with van der Waals surface area (Å²) in [5, 5.41) is 12.7. The fourth-order valence-electron chi connectivity index (χ4n) is 2.64. The van der Waals surface area contributed by atoms with E-state index in [1.807, 2.05) is 12.1 Å². The molecule has 26 heavy (non-hydrogen) atoms. The van der Waals surface area contributed by atoms with Gasteiger partial charge in [-0.25, -0.2) is 0 Å². The van der Waals surface area contributed by atoms with Crippen LogP contribution < -0.4 is 10.1 Å². The van der Waals surface area contributed by atoms with E-state index in [-0.39, 0.29) is 5.91 Å². The fourth-order valence-corrected chi connectivity index (χ4v) is 3.67. The summed E-state index contributed by atoms with van der Waals surface area (Å²) in [6, 6.07) is 8.13. The molecule has 0 spiro atoms. The Labute approximate surface area is 160 Å². The SMILES string of the molecule is CCC(CC)c1nnc(NC(=O)CCCOc2ccc(C(C)C)cc2)s1. The van der Waals surface area contributed by atoms with Gasteiger partial charge in [-0.1, -0.05) is 51.2 Å². The zero-order valence-corrected chi connectivity index (χ0v) is 16.9. The minimum atomic E-state index is -0.0454. The summed E-state index contributed by atoms with van der Waals surface area (Å²) < 4.78 is 5.70. The van der Waals surface area contributed by atoms with Crippen LogP contribution in [0.2, 0.25) is 0 Å². The monoisotopic (exact) mass is 375 g/mol. The zero-order valence-electron chi connectivity index (χ0n) is 16.1. The van der Waals surface area contributed by atoms with E-state index in [1.54, 1.807) is 0 Å². The van der Waals surface area contributed by atoms with Crippen molar-refractivity contribution in [2.75, 3.05) is 11.9 Å². The lowest BCUT2D eigenvalue weighted by molar-refractivity contribution is -0.116. The molecule has 1 N–H and O–H groups in total. The lowest BCUT2D eigenvalue weighted by Crippen LogP contribution is -2.12. The van der Waals surface area contributed by atoms with E-state index in [0.29, 0.717) is 36.4 Å². The van der Waals surface area contributed by atoms with Crippen molar-refractivity contribution in [1.29, 1.82) is 0 Å². The molecule has 0 saturated carbocycles. The van der Waals surface area contributed by atoms with E-state index < -0.39 is 0 Å². The van der Waals surface area contributed by atoms with Gasteiger partial charge in [0.1, 0.15) is 10.8 Å².